The lowest BCUT2D eigenvalue weighted by Crippen LogP contribution is -2.51. The van der Waals surface area contributed by atoms with Crippen molar-refractivity contribution in [2.75, 3.05) is 24.5 Å². The molecule has 1 aromatic heterocycles. The summed E-state index contributed by atoms with van der Waals surface area (Å²) in [5, 5.41) is 9.66. The zero-order chi connectivity index (χ0) is 21.1. The molecule has 0 aliphatic carbocycles. The number of hydrogen-bond donors (Lipinski definition) is 1. The van der Waals surface area contributed by atoms with Crippen molar-refractivity contribution in [3.8, 4) is 6.07 Å². The van der Waals surface area contributed by atoms with E-state index in [4.69, 9.17) is 16.9 Å². The second-order valence-electron chi connectivity index (χ2n) is 7.45. The van der Waals surface area contributed by atoms with Crippen LogP contribution in [0.3, 0.4) is 0 Å². The van der Waals surface area contributed by atoms with Crippen LogP contribution in [0, 0.1) is 18.3 Å². The van der Waals surface area contributed by atoms with Gasteiger partial charge < -0.3 is 9.88 Å². The predicted octanol–water partition coefficient (Wildman–Crippen LogP) is 4.72. The van der Waals surface area contributed by atoms with Crippen molar-refractivity contribution in [1.82, 2.24) is 14.9 Å². The number of piperazine rings is 1. The molecule has 1 atom stereocenters. The summed E-state index contributed by atoms with van der Waals surface area (Å²) in [6, 6.07) is 17.1. The smallest absolute Gasteiger partial charge is 0.241 e. The maximum atomic E-state index is 13.0. The zero-order valence-electron chi connectivity index (χ0n) is 17.5. The van der Waals surface area contributed by atoms with E-state index in [1.165, 1.54) is 0 Å². The van der Waals surface area contributed by atoms with Crippen LogP contribution in [0.4, 0.5) is 5.69 Å². The lowest BCUT2D eigenvalue weighted by atomic mass is 10.00. The Morgan fingerprint density at radius 2 is 1.94 bits per heavy atom. The van der Waals surface area contributed by atoms with Gasteiger partial charge in [0.15, 0.2) is 0 Å². The third-order valence-electron chi connectivity index (χ3n) is 5.40. The van der Waals surface area contributed by atoms with Crippen LogP contribution in [-0.4, -0.2) is 40.4 Å². The second kappa shape index (κ2) is 11.3. The van der Waals surface area contributed by atoms with Crippen molar-refractivity contribution in [2.45, 2.75) is 19.4 Å². The number of imidazole rings is 1. The van der Waals surface area contributed by atoms with Crippen LogP contribution in [0.1, 0.15) is 28.7 Å². The minimum Gasteiger partial charge on any atom is -0.345 e. The first-order valence-electron chi connectivity index (χ1n) is 9.84. The molecule has 2 aromatic carbocycles. The van der Waals surface area contributed by atoms with Gasteiger partial charge in [0.25, 0.3) is 0 Å². The summed E-state index contributed by atoms with van der Waals surface area (Å²) in [7, 11) is 0. The van der Waals surface area contributed by atoms with E-state index >= 15 is 0 Å². The molecule has 1 saturated heterocycles. The fraction of sp³-hybridized carbons (Fsp3) is 0.261. The fourth-order valence-electron chi connectivity index (χ4n) is 3.86. The summed E-state index contributed by atoms with van der Waals surface area (Å²) in [4.78, 5) is 24.6. The minimum absolute atomic E-state index is 0. The molecule has 1 N–H and O–H groups in total. The first kappa shape index (κ1) is 25.7. The quantitative estimate of drug-likeness (QED) is 0.559. The van der Waals surface area contributed by atoms with Crippen LogP contribution in [0.2, 0.25) is 5.02 Å². The number of benzene rings is 2. The van der Waals surface area contributed by atoms with Gasteiger partial charge in [0.2, 0.25) is 5.91 Å². The van der Waals surface area contributed by atoms with Gasteiger partial charge >= 0.3 is 0 Å². The Morgan fingerprint density at radius 3 is 2.53 bits per heavy atom. The number of aromatic amines is 1. The summed E-state index contributed by atoms with van der Waals surface area (Å²) < 4.78 is 0. The number of rotatable bonds is 5. The molecule has 2 heterocycles. The average Bonchev–Trinajstić information content (AvgIpc) is 3.18. The Bertz CT molecular complexity index is 1090. The number of nitrogens with one attached hydrogen (secondary N) is 1. The van der Waals surface area contributed by atoms with Gasteiger partial charge in [-0.2, -0.15) is 5.26 Å². The molecular formula is C23H24Cl3N5O. The van der Waals surface area contributed by atoms with E-state index in [1.54, 1.807) is 11.0 Å². The predicted molar refractivity (Wildman–Crippen MR) is 131 cm³/mol. The largest absolute Gasteiger partial charge is 0.345 e. The number of carbonyl (C=O) groups is 1. The van der Waals surface area contributed by atoms with Crippen molar-refractivity contribution in [2.24, 2.45) is 0 Å². The standard InChI is InChI=1S/C23H22ClN5O.2ClH/c1-16-26-14-21(27-16)22(11-17-5-7-18(13-25)8-6-17)28-9-10-29(23(30)15-28)20-4-2-3-19(24)12-20;;/h2-8,12,14,22H,9-11,15H2,1H3,(H,26,27);2*1H. The maximum Gasteiger partial charge on any atom is 0.241 e. The normalized spacial score (nSPS) is 14.8. The molecule has 3 aromatic rings. The Labute approximate surface area is 205 Å². The highest BCUT2D eigenvalue weighted by molar-refractivity contribution is 6.30. The van der Waals surface area contributed by atoms with Crippen LogP contribution in [0.25, 0.3) is 0 Å². The van der Waals surface area contributed by atoms with E-state index in [-0.39, 0.29) is 36.8 Å². The van der Waals surface area contributed by atoms with E-state index in [0.717, 1.165) is 35.7 Å². The lowest BCUT2D eigenvalue weighted by molar-refractivity contribution is -0.122. The number of aromatic nitrogens is 2. The summed E-state index contributed by atoms with van der Waals surface area (Å²) in [6.45, 7) is 3.56. The van der Waals surface area contributed by atoms with Gasteiger partial charge in [0.05, 0.1) is 29.9 Å². The van der Waals surface area contributed by atoms with Crippen LogP contribution < -0.4 is 4.90 Å². The number of anilines is 1. The monoisotopic (exact) mass is 491 g/mol. The van der Waals surface area contributed by atoms with Crippen LogP contribution in [0.5, 0.6) is 0 Å². The van der Waals surface area contributed by atoms with Crippen molar-refractivity contribution < 1.29 is 4.79 Å². The molecule has 0 bridgehead atoms. The third kappa shape index (κ3) is 5.81. The first-order valence-corrected chi connectivity index (χ1v) is 10.2. The highest BCUT2D eigenvalue weighted by Crippen LogP contribution is 2.28. The first-order chi connectivity index (χ1) is 14.5. The molecule has 1 unspecified atom stereocenters. The molecule has 0 saturated carbocycles. The highest BCUT2D eigenvalue weighted by atomic mass is 35.5. The SMILES string of the molecule is Cc1ncc(C(Cc2ccc(C#N)cc2)N2CCN(c3cccc(Cl)c3)C(=O)C2)[nH]1.Cl.Cl. The number of hydrogen-bond acceptors (Lipinski definition) is 4. The maximum absolute atomic E-state index is 13.0. The van der Waals surface area contributed by atoms with Crippen molar-refractivity contribution in [3.05, 3.63) is 82.4 Å². The number of H-pyrrole nitrogens is 1. The minimum atomic E-state index is -0.00963. The van der Waals surface area contributed by atoms with Gasteiger partial charge in [-0.25, -0.2) is 4.98 Å². The van der Waals surface area contributed by atoms with E-state index < -0.39 is 0 Å². The van der Waals surface area contributed by atoms with E-state index in [0.29, 0.717) is 23.7 Å². The Hall–Kier alpha value is -2.56. The van der Waals surface area contributed by atoms with Gasteiger partial charge in [-0.3, -0.25) is 9.69 Å². The lowest BCUT2D eigenvalue weighted by Gasteiger charge is -2.38. The Kier molecular flexibility index (Phi) is 9.11. The molecule has 4 rings (SSSR count). The molecule has 1 fully saturated rings. The molecule has 1 aliphatic heterocycles. The fourth-order valence-corrected chi connectivity index (χ4v) is 4.04. The molecule has 0 radical (unpaired) electrons. The molecule has 9 heteroatoms. The summed E-state index contributed by atoms with van der Waals surface area (Å²) in [5.74, 6) is 0.892. The topological polar surface area (TPSA) is 76.0 Å². The van der Waals surface area contributed by atoms with E-state index in [9.17, 15) is 4.79 Å². The summed E-state index contributed by atoms with van der Waals surface area (Å²) in [6.07, 6.45) is 2.56. The van der Waals surface area contributed by atoms with Crippen LogP contribution in [0.15, 0.2) is 54.7 Å². The number of nitrogens with zero attached hydrogens (tertiary/aromatic N) is 4. The van der Waals surface area contributed by atoms with Crippen LogP contribution in [-0.2, 0) is 11.2 Å². The van der Waals surface area contributed by atoms with Crippen molar-refractivity contribution in [3.63, 3.8) is 0 Å². The summed E-state index contributed by atoms with van der Waals surface area (Å²) >= 11 is 6.11. The number of halogens is 3. The van der Waals surface area contributed by atoms with Crippen molar-refractivity contribution in [1.29, 1.82) is 5.26 Å². The number of nitriles is 1. The van der Waals surface area contributed by atoms with E-state index in [2.05, 4.69) is 20.9 Å². The number of carbonyl (C=O) groups excluding carboxylic acids is 1. The van der Waals surface area contributed by atoms with Gasteiger partial charge in [-0.1, -0.05) is 29.8 Å². The average molecular weight is 493 g/mol. The third-order valence-corrected chi connectivity index (χ3v) is 5.64. The Morgan fingerprint density at radius 1 is 1.19 bits per heavy atom. The number of amides is 1. The zero-order valence-corrected chi connectivity index (χ0v) is 19.9. The molecule has 0 spiro atoms. The van der Waals surface area contributed by atoms with E-state index in [1.807, 2.05) is 55.6 Å². The molecule has 32 heavy (non-hydrogen) atoms. The van der Waals surface area contributed by atoms with Gasteiger partial charge in [0.1, 0.15) is 5.82 Å². The van der Waals surface area contributed by atoms with Crippen LogP contribution >= 0.6 is 36.4 Å². The molecule has 1 amide bonds. The van der Waals surface area contributed by atoms with Gasteiger partial charge in [0, 0.05) is 30.0 Å². The van der Waals surface area contributed by atoms with Crippen molar-refractivity contribution >= 4 is 48.0 Å². The number of aryl methyl sites for hydroxylation is 1. The molecular weight excluding hydrogens is 469 g/mol. The second-order valence-corrected chi connectivity index (χ2v) is 7.88. The molecule has 1 aliphatic rings. The van der Waals surface area contributed by atoms with Gasteiger partial charge in [-0.15, -0.1) is 24.8 Å². The molecule has 168 valence electrons. The Balaban J connectivity index is 0.00000181. The highest BCUT2D eigenvalue weighted by Gasteiger charge is 2.31. The van der Waals surface area contributed by atoms with Gasteiger partial charge in [-0.05, 0) is 49.2 Å². The summed E-state index contributed by atoms with van der Waals surface area (Å²) in [5.41, 5.74) is 3.56. The molecule has 6 nitrogen and oxygen atoms in total.